The van der Waals surface area contributed by atoms with E-state index in [9.17, 15) is 4.79 Å². The second kappa shape index (κ2) is 9.96. The predicted molar refractivity (Wildman–Crippen MR) is 129 cm³/mol. The first-order chi connectivity index (χ1) is 13.7. The van der Waals surface area contributed by atoms with Crippen molar-refractivity contribution in [2.24, 2.45) is 10.7 Å². The third-order valence-corrected chi connectivity index (χ3v) is 5.51. The van der Waals surface area contributed by atoms with E-state index in [0.717, 1.165) is 31.6 Å². The van der Waals surface area contributed by atoms with Crippen LogP contribution in [0.25, 0.3) is 0 Å². The third kappa shape index (κ3) is 5.41. The molecule has 2 aromatic rings. The summed E-state index contributed by atoms with van der Waals surface area (Å²) in [7, 11) is 0. The number of piperazine rings is 1. The van der Waals surface area contributed by atoms with E-state index < -0.39 is 0 Å². The molecular weight excluding hydrogens is 477 g/mol. The van der Waals surface area contributed by atoms with Crippen molar-refractivity contribution in [3.63, 3.8) is 0 Å². The number of nitrogens with two attached hydrogens (primary N) is 1. The Labute approximate surface area is 189 Å². The molecular formula is C22H28IN5O. The zero-order valence-electron chi connectivity index (χ0n) is 16.5. The van der Waals surface area contributed by atoms with Crippen LogP contribution < -0.4 is 16.0 Å². The number of halogens is 1. The molecule has 1 fully saturated rings. The van der Waals surface area contributed by atoms with Crippen LogP contribution in [0.5, 0.6) is 0 Å². The molecule has 0 saturated carbocycles. The topological polar surface area (TPSA) is 74.0 Å². The molecule has 0 spiro atoms. The van der Waals surface area contributed by atoms with Crippen LogP contribution in [0.2, 0.25) is 0 Å². The van der Waals surface area contributed by atoms with E-state index in [4.69, 9.17) is 5.73 Å². The van der Waals surface area contributed by atoms with E-state index >= 15 is 0 Å². The van der Waals surface area contributed by atoms with Crippen molar-refractivity contribution in [2.45, 2.75) is 19.3 Å². The summed E-state index contributed by atoms with van der Waals surface area (Å²) < 4.78 is 0. The Balaban J connectivity index is 0.00000240. The van der Waals surface area contributed by atoms with Gasteiger partial charge in [0.1, 0.15) is 6.54 Å². The van der Waals surface area contributed by atoms with Gasteiger partial charge < -0.3 is 20.9 Å². The molecule has 1 amide bonds. The highest BCUT2D eigenvalue weighted by atomic mass is 127. The molecule has 6 nitrogen and oxygen atoms in total. The second-order valence-electron chi connectivity index (χ2n) is 7.37. The number of aryl methyl sites for hydroxylation is 2. The van der Waals surface area contributed by atoms with Crippen LogP contribution in [0.15, 0.2) is 53.5 Å². The van der Waals surface area contributed by atoms with Crippen molar-refractivity contribution < 1.29 is 4.79 Å². The summed E-state index contributed by atoms with van der Waals surface area (Å²) in [5, 5.41) is 3.11. The number of fused-ring (bicyclic) bond motifs is 1. The quantitative estimate of drug-likeness (QED) is 0.381. The molecule has 2 aromatic carbocycles. The molecule has 1 aliphatic carbocycles. The fraction of sp³-hybridized carbons (Fsp3) is 0.364. The lowest BCUT2D eigenvalue weighted by Gasteiger charge is -2.35. The normalized spacial score (nSPS) is 16.2. The molecule has 0 radical (unpaired) electrons. The number of amides is 1. The average Bonchev–Trinajstić information content (AvgIpc) is 3.21. The highest BCUT2D eigenvalue weighted by Gasteiger charge is 2.21. The summed E-state index contributed by atoms with van der Waals surface area (Å²) in [6.07, 6.45) is 3.50. The van der Waals surface area contributed by atoms with Crippen LogP contribution in [0.3, 0.4) is 0 Å². The molecule has 0 unspecified atom stereocenters. The summed E-state index contributed by atoms with van der Waals surface area (Å²) in [6, 6.07) is 16.6. The number of hydrogen-bond acceptors (Lipinski definition) is 3. The van der Waals surface area contributed by atoms with Gasteiger partial charge in [-0.25, -0.2) is 4.99 Å². The van der Waals surface area contributed by atoms with Gasteiger partial charge in [-0.2, -0.15) is 0 Å². The summed E-state index contributed by atoms with van der Waals surface area (Å²) >= 11 is 0. The maximum absolute atomic E-state index is 12.5. The minimum absolute atomic E-state index is 0. The van der Waals surface area contributed by atoms with Gasteiger partial charge in [-0.15, -0.1) is 24.0 Å². The van der Waals surface area contributed by atoms with E-state index in [0.29, 0.717) is 13.1 Å². The van der Waals surface area contributed by atoms with Gasteiger partial charge in [-0.05, 0) is 54.7 Å². The number of guanidine groups is 1. The molecule has 3 N–H and O–H groups in total. The first-order valence-electron chi connectivity index (χ1n) is 9.95. The zero-order valence-corrected chi connectivity index (χ0v) is 18.8. The maximum Gasteiger partial charge on any atom is 0.244 e. The van der Waals surface area contributed by atoms with Crippen molar-refractivity contribution in [3.8, 4) is 0 Å². The molecule has 29 heavy (non-hydrogen) atoms. The molecule has 7 heteroatoms. The van der Waals surface area contributed by atoms with E-state index in [1.54, 1.807) is 0 Å². The van der Waals surface area contributed by atoms with Gasteiger partial charge >= 0.3 is 0 Å². The molecule has 0 aromatic heterocycles. The summed E-state index contributed by atoms with van der Waals surface area (Å²) in [6.45, 7) is 3.17. The Hall–Kier alpha value is -2.29. The Morgan fingerprint density at radius 2 is 1.72 bits per heavy atom. The van der Waals surface area contributed by atoms with Crippen LogP contribution >= 0.6 is 24.0 Å². The Morgan fingerprint density at radius 1 is 1.00 bits per heavy atom. The van der Waals surface area contributed by atoms with Crippen molar-refractivity contribution in [3.05, 3.63) is 59.7 Å². The van der Waals surface area contributed by atoms with Gasteiger partial charge in [0.15, 0.2) is 5.96 Å². The second-order valence-corrected chi connectivity index (χ2v) is 7.37. The van der Waals surface area contributed by atoms with Crippen molar-refractivity contribution in [2.75, 3.05) is 42.9 Å². The van der Waals surface area contributed by atoms with Gasteiger partial charge in [0.05, 0.1) is 0 Å². The van der Waals surface area contributed by atoms with Crippen LogP contribution in [0, 0.1) is 0 Å². The number of nitrogens with zero attached hydrogens (tertiary/aromatic N) is 3. The monoisotopic (exact) mass is 505 g/mol. The lowest BCUT2D eigenvalue weighted by Crippen LogP contribution is -2.49. The Kier molecular flexibility index (Phi) is 7.35. The standard InChI is InChI=1S/C22H27N5O.HI/c23-22(25-19-10-9-17-5-4-6-18(17)15-19)24-16-21(28)27-13-11-26(12-14-27)20-7-2-1-3-8-20;/h1-3,7-10,15H,4-6,11-14,16H2,(H3,23,24,25);1H. The summed E-state index contributed by atoms with van der Waals surface area (Å²) in [5.74, 6) is 0.306. The smallest absolute Gasteiger partial charge is 0.244 e. The fourth-order valence-corrected chi connectivity index (χ4v) is 3.94. The van der Waals surface area contributed by atoms with E-state index in [-0.39, 0.29) is 42.4 Å². The van der Waals surface area contributed by atoms with E-state index in [1.165, 1.54) is 23.2 Å². The van der Waals surface area contributed by atoms with Crippen molar-refractivity contribution >= 4 is 47.2 Å². The highest BCUT2D eigenvalue weighted by molar-refractivity contribution is 14.0. The molecule has 1 aliphatic heterocycles. The number of anilines is 2. The number of benzene rings is 2. The predicted octanol–water partition coefficient (Wildman–Crippen LogP) is 2.87. The largest absolute Gasteiger partial charge is 0.370 e. The molecule has 1 saturated heterocycles. The minimum Gasteiger partial charge on any atom is -0.370 e. The number of carbonyl (C=O) groups is 1. The SMILES string of the molecule is I.NC(=NCC(=O)N1CCN(c2ccccc2)CC1)Nc1ccc2c(c1)CCC2. The van der Waals surface area contributed by atoms with Gasteiger partial charge in [0.25, 0.3) is 0 Å². The molecule has 0 bridgehead atoms. The average molecular weight is 505 g/mol. The number of aliphatic imine (C=N–C) groups is 1. The number of para-hydroxylation sites is 1. The fourth-order valence-electron chi connectivity index (χ4n) is 3.94. The van der Waals surface area contributed by atoms with Crippen molar-refractivity contribution in [1.29, 1.82) is 0 Å². The lowest BCUT2D eigenvalue weighted by molar-refractivity contribution is -0.129. The van der Waals surface area contributed by atoms with Crippen LogP contribution in [-0.4, -0.2) is 49.5 Å². The summed E-state index contributed by atoms with van der Waals surface area (Å²) in [4.78, 5) is 20.9. The number of nitrogens with one attached hydrogen (secondary N) is 1. The highest BCUT2D eigenvalue weighted by Crippen LogP contribution is 2.24. The van der Waals surface area contributed by atoms with Gasteiger partial charge in [0, 0.05) is 37.6 Å². The zero-order chi connectivity index (χ0) is 19.3. The van der Waals surface area contributed by atoms with Crippen LogP contribution in [0.1, 0.15) is 17.5 Å². The van der Waals surface area contributed by atoms with Crippen LogP contribution in [0.4, 0.5) is 11.4 Å². The lowest BCUT2D eigenvalue weighted by atomic mass is 10.1. The van der Waals surface area contributed by atoms with Crippen molar-refractivity contribution in [1.82, 2.24) is 4.90 Å². The molecule has 0 atom stereocenters. The Bertz CT molecular complexity index is 863. The van der Waals surface area contributed by atoms with Gasteiger partial charge in [-0.1, -0.05) is 24.3 Å². The Morgan fingerprint density at radius 3 is 2.48 bits per heavy atom. The molecule has 4 rings (SSSR count). The molecule has 154 valence electrons. The minimum atomic E-state index is 0. The molecule has 2 aliphatic rings. The maximum atomic E-state index is 12.5. The van der Waals surface area contributed by atoms with Gasteiger partial charge in [-0.3, -0.25) is 4.79 Å². The number of carbonyl (C=O) groups excluding carboxylic acids is 1. The number of hydrogen-bond donors (Lipinski definition) is 2. The molecule has 1 heterocycles. The van der Waals surface area contributed by atoms with E-state index in [1.807, 2.05) is 29.2 Å². The number of rotatable bonds is 4. The summed E-state index contributed by atoms with van der Waals surface area (Å²) in [5.41, 5.74) is 10.9. The van der Waals surface area contributed by atoms with E-state index in [2.05, 4.69) is 39.5 Å². The third-order valence-electron chi connectivity index (χ3n) is 5.51. The first kappa shape index (κ1) is 21.4. The first-order valence-corrected chi connectivity index (χ1v) is 9.95. The van der Waals surface area contributed by atoms with Gasteiger partial charge in [0.2, 0.25) is 5.91 Å². The van der Waals surface area contributed by atoms with Crippen LogP contribution in [-0.2, 0) is 17.6 Å².